The number of rotatable bonds is 8. The minimum absolute atomic E-state index is 0.0409. The third-order valence-electron chi connectivity index (χ3n) is 5.45. The lowest BCUT2D eigenvalue weighted by Gasteiger charge is -2.44. The molecule has 1 aliphatic heterocycles. The van der Waals surface area contributed by atoms with Crippen molar-refractivity contribution in [2.75, 3.05) is 6.61 Å². The molecule has 0 spiro atoms. The van der Waals surface area contributed by atoms with E-state index in [2.05, 4.69) is 20.3 Å². The van der Waals surface area contributed by atoms with Gasteiger partial charge in [-0.25, -0.2) is 9.67 Å². The van der Waals surface area contributed by atoms with Gasteiger partial charge in [0.25, 0.3) is 0 Å². The first-order valence-electron chi connectivity index (χ1n) is 11.5. The normalized spacial score (nSPS) is 22.2. The number of thioether (sulfide) groups is 1. The smallest absolute Gasteiger partial charge is 0.304 e. The molecule has 1 saturated heterocycles. The Hall–Kier alpha value is -3.78. The minimum Gasteiger partial charge on any atom is -0.463 e. The first-order valence-corrected chi connectivity index (χ1v) is 13.6. The molecule has 1 fully saturated rings. The lowest BCUT2D eigenvalue weighted by Crippen LogP contribution is -2.57. The van der Waals surface area contributed by atoms with Crippen LogP contribution in [0, 0.1) is 11.3 Å². The van der Waals surface area contributed by atoms with Crippen molar-refractivity contribution in [2.45, 2.75) is 55.5 Å². The molecule has 3 aromatic heterocycles. The highest BCUT2D eigenvalue weighted by atomic mass is 35.5. The number of aromatic amines is 1. The van der Waals surface area contributed by atoms with Gasteiger partial charge in [-0.05, 0) is 6.07 Å². The summed E-state index contributed by atoms with van der Waals surface area (Å²) in [5.74, 6) is -1.98. The van der Waals surface area contributed by atoms with E-state index in [1.54, 1.807) is 5.38 Å². The molecule has 0 amide bonds. The van der Waals surface area contributed by atoms with Crippen molar-refractivity contribution >= 4 is 52.6 Å². The molecule has 14 nitrogen and oxygen atoms in total. The van der Waals surface area contributed by atoms with Gasteiger partial charge in [-0.1, -0.05) is 39.9 Å². The molecular weight excluding hydrogens is 588 g/mol. The second-order valence-electron chi connectivity index (χ2n) is 8.36. The van der Waals surface area contributed by atoms with E-state index < -0.39 is 47.7 Å². The molecule has 17 heteroatoms. The van der Waals surface area contributed by atoms with Crippen LogP contribution in [0.4, 0.5) is 0 Å². The Bertz CT molecular complexity index is 1520. The number of hydrogen-bond donors (Lipinski definition) is 1. The highest BCUT2D eigenvalue weighted by Gasteiger charge is 2.52. The summed E-state index contributed by atoms with van der Waals surface area (Å²) in [6.45, 7) is 3.25. The zero-order chi connectivity index (χ0) is 29.0. The summed E-state index contributed by atoms with van der Waals surface area (Å²) < 4.78 is 24.0. The maximum Gasteiger partial charge on any atom is 0.304 e. The van der Waals surface area contributed by atoms with Crippen LogP contribution in [0.3, 0.4) is 0 Å². The highest BCUT2D eigenvalue weighted by Crippen LogP contribution is 2.42. The van der Waals surface area contributed by atoms with Crippen LogP contribution >= 0.6 is 34.7 Å². The molecule has 4 rings (SSSR count). The van der Waals surface area contributed by atoms with Gasteiger partial charge in [0.1, 0.15) is 36.0 Å². The van der Waals surface area contributed by atoms with Gasteiger partial charge in [0, 0.05) is 37.2 Å². The van der Waals surface area contributed by atoms with Gasteiger partial charge >= 0.3 is 22.8 Å². The molecule has 3 aromatic rings. The Labute approximate surface area is 239 Å². The van der Waals surface area contributed by atoms with E-state index in [9.17, 15) is 24.4 Å². The first kappa shape index (κ1) is 29.2. The summed E-state index contributed by atoms with van der Waals surface area (Å²) >= 11 is 8.04. The van der Waals surface area contributed by atoms with E-state index in [0.717, 1.165) is 23.1 Å². The molecule has 0 bridgehead atoms. The monoisotopic (exact) mass is 608 g/mol. The van der Waals surface area contributed by atoms with Gasteiger partial charge in [0.15, 0.2) is 17.9 Å². The van der Waals surface area contributed by atoms with Crippen molar-refractivity contribution in [1.29, 1.82) is 5.26 Å². The number of halogens is 1. The largest absolute Gasteiger partial charge is 0.463 e. The number of carbonyl (C=O) groups excluding carboxylic acids is 3. The van der Waals surface area contributed by atoms with Crippen LogP contribution < -0.4 is 4.87 Å². The minimum atomic E-state index is -1.18. The number of ether oxygens (including phenoxy) is 4. The highest BCUT2D eigenvalue weighted by molar-refractivity contribution is 7.99. The second-order valence-corrected chi connectivity index (χ2v) is 10.8. The number of carbonyl (C=O) groups is 3. The SMILES string of the molecule is CC(=O)OCC1O[C@H](Sc2cc(Cl)cnc2C#N)C(OC(C)=O)C(n2cc(-c3csc(=O)[nH]3)nn2)[C@H]1OC(C)=O. The Balaban J connectivity index is 1.83. The van der Waals surface area contributed by atoms with Crippen molar-refractivity contribution in [3.8, 4) is 17.5 Å². The molecule has 5 atom stereocenters. The number of esters is 3. The van der Waals surface area contributed by atoms with E-state index in [1.807, 2.05) is 6.07 Å². The lowest BCUT2D eigenvalue weighted by atomic mass is 9.96. The second kappa shape index (κ2) is 12.6. The molecular formula is C23H21ClN6O8S2. The predicted octanol–water partition coefficient (Wildman–Crippen LogP) is 2.10. The summed E-state index contributed by atoms with van der Waals surface area (Å²) in [7, 11) is 0. The molecule has 210 valence electrons. The number of nitrogens with zero attached hydrogens (tertiary/aromatic N) is 5. The Morgan fingerprint density at radius 3 is 2.58 bits per heavy atom. The van der Waals surface area contributed by atoms with Crippen LogP contribution in [0.15, 0.2) is 33.5 Å². The predicted molar refractivity (Wildman–Crippen MR) is 139 cm³/mol. The van der Waals surface area contributed by atoms with Crippen LogP contribution in [0.2, 0.25) is 5.02 Å². The molecule has 3 unspecified atom stereocenters. The van der Waals surface area contributed by atoms with Crippen molar-refractivity contribution in [1.82, 2.24) is 25.0 Å². The van der Waals surface area contributed by atoms with E-state index in [-0.39, 0.29) is 22.2 Å². The summed E-state index contributed by atoms with van der Waals surface area (Å²) in [6, 6.07) is 2.42. The number of thiazole rings is 1. The maximum absolute atomic E-state index is 12.3. The number of hydrogen-bond acceptors (Lipinski definition) is 14. The van der Waals surface area contributed by atoms with Gasteiger partial charge in [-0.3, -0.25) is 19.2 Å². The lowest BCUT2D eigenvalue weighted by molar-refractivity contribution is -0.212. The van der Waals surface area contributed by atoms with Crippen LogP contribution in [0.5, 0.6) is 0 Å². The molecule has 1 N–H and O–H groups in total. The van der Waals surface area contributed by atoms with Crippen LogP contribution in [-0.2, 0) is 33.3 Å². The van der Waals surface area contributed by atoms with E-state index in [4.69, 9.17) is 30.5 Å². The number of pyridine rings is 1. The number of nitrogens with one attached hydrogen (secondary N) is 1. The number of aromatic nitrogens is 5. The molecule has 0 saturated carbocycles. The molecule has 4 heterocycles. The quantitative estimate of drug-likeness (QED) is 0.289. The van der Waals surface area contributed by atoms with Gasteiger partial charge in [-0.2, -0.15) is 5.26 Å². The van der Waals surface area contributed by atoms with E-state index in [1.165, 1.54) is 43.9 Å². The molecule has 1 aliphatic rings. The topological polar surface area (TPSA) is 188 Å². The molecule has 0 aliphatic carbocycles. The summed E-state index contributed by atoms with van der Waals surface area (Å²) in [6.07, 6.45) is -0.630. The van der Waals surface area contributed by atoms with Crippen molar-refractivity contribution in [3.05, 3.63) is 44.2 Å². The maximum atomic E-state index is 12.3. The van der Waals surface area contributed by atoms with Crippen molar-refractivity contribution in [3.63, 3.8) is 0 Å². The Morgan fingerprint density at radius 1 is 1.23 bits per heavy atom. The average Bonchev–Trinajstić information content (AvgIpc) is 3.53. The Kier molecular flexibility index (Phi) is 9.20. The van der Waals surface area contributed by atoms with Gasteiger partial charge in [-0.15, -0.1) is 5.10 Å². The van der Waals surface area contributed by atoms with Gasteiger partial charge < -0.3 is 23.9 Å². The van der Waals surface area contributed by atoms with Crippen LogP contribution in [-0.4, -0.2) is 73.2 Å². The Morgan fingerprint density at radius 2 is 1.95 bits per heavy atom. The number of nitriles is 1. The van der Waals surface area contributed by atoms with Crippen LogP contribution in [0.25, 0.3) is 11.4 Å². The summed E-state index contributed by atoms with van der Waals surface area (Å²) in [5, 5.41) is 19.7. The molecule has 0 radical (unpaired) electrons. The summed E-state index contributed by atoms with van der Waals surface area (Å²) in [4.78, 5) is 54.5. The number of H-pyrrole nitrogens is 1. The zero-order valence-electron chi connectivity index (χ0n) is 21.1. The molecule has 40 heavy (non-hydrogen) atoms. The fourth-order valence-electron chi connectivity index (χ4n) is 3.95. The fourth-order valence-corrected chi connectivity index (χ4v) is 5.95. The fraction of sp³-hybridized carbons (Fsp3) is 0.391. The van der Waals surface area contributed by atoms with E-state index in [0.29, 0.717) is 16.3 Å². The van der Waals surface area contributed by atoms with Gasteiger partial charge in [0.2, 0.25) is 0 Å². The third-order valence-corrected chi connectivity index (χ3v) is 7.51. The van der Waals surface area contributed by atoms with Crippen molar-refractivity contribution in [2.24, 2.45) is 0 Å². The summed E-state index contributed by atoms with van der Waals surface area (Å²) in [5.41, 5.74) is -0.326. The standard InChI is InChI=1S/C23H21ClN6O8S2/c1-10(31)35-8-17-20(36-11(2)32)19(30-7-15(28-29-30)16-9-39-23(34)27-16)21(37-12(3)33)22(38-17)40-18-4-13(24)6-26-14(18)5-25/h4,6-7,9,17,19-22H,8H2,1-3H3,(H,27,34)/t17?,19?,20-,21?,22+/m0/s1. The third kappa shape index (κ3) is 6.86. The molecule has 0 aromatic carbocycles. The van der Waals surface area contributed by atoms with Crippen LogP contribution in [0.1, 0.15) is 32.5 Å². The van der Waals surface area contributed by atoms with E-state index >= 15 is 0 Å². The first-order chi connectivity index (χ1) is 19.0. The average molecular weight is 609 g/mol. The van der Waals surface area contributed by atoms with Crippen molar-refractivity contribution < 1.29 is 33.3 Å². The zero-order valence-corrected chi connectivity index (χ0v) is 23.5. The van der Waals surface area contributed by atoms with Gasteiger partial charge in [0.05, 0.1) is 16.9 Å².